The maximum Gasteiger partial charge on any atom is 0.224 e. The van der Waals surface area contributed by atoms with Crippen LogP contribution in [0.15, 0.2) is 48.5 Å². The fraction of sp³-hybridized carbons (Fsp3) is 0.348. The molecule has 1 aromatic heterocycles. The number of nitrogens with zero attached hydrogens (tertiary/aromatic N) is 1. The molecule has 4 heteroatoms. The Morgan fingerprint density at radius 1 is 1.07 bits per heavy atom. The standard InChI is InChI=1S/C23H29N3O/c1-16(2)26(4)15-19-10-6-5-9-18(19)14-24-23(27)13-21-17(3)25-22-12-8-7-11-20(21)22/h5-12,16,25H,13-15H2,1-4H3,(H,24,27). The summed E-state index contributed by atoms with van der Waals surface area (Å²) in [6.07, 6.45) is 0.393. The second-order valence-corrected chi connectivity index (χ2v) is 7.51. The van der Waals surface area contributed by atoms with Gasteiger partial charge in [0, 0.05) is 35.7 Å². The molecule has 27 heavy (non-hydrogen) atoms. The molecule has 3 rings (SSSR count). The number of carbonyl (C=O) groups is 1. The number of hydrogen-bond donors (Lipinski definition) is 2. The van der Waals surface area contributed by atoms with E-state index >= 15 is 0 Å². The molecule has 0 saturated heterocycles. The minimum atomic E-state index is 0.0508. The van der Waals surface area contributed by atoms with Gasteiger partial charge in [0.25, 0.3) is 0 Å². The highest BCUT2D eigenvalue weighted by molar-refractivity contribution is 5.90. The summed E-state index contributed by atoms with van der Waals surface area (Å²) in [6.45, 7) is 7.84. The summed E-state index contributed by atoms with van der Waals surface area (Å²) >= 11 is 0. The van der Waals surface area contributed by atoms with Crippen LogP contribution in [0.5, 0.6) is 0 Å². The van der Waals surface area contributed by atoms with E-state index in [1.165, 1.54) is 11.1 Å². The van der Waals surface area contributed by atoms with Gasteiger partial charge in [-0.15, -0.1) is 0 Å². The number of carbonyl (C=O) groups excluding carboxylic acids is 1. The number of aromatic nitrogens is 1. The zero-order valence-corrected chi connectivity index (χ0v) is 16.7. The summed E-state index contributed by atoms with van der Waals surface area (Å²) in [6, 6.07) is 17.0. The molecule has 0 aliphatic heterocycles. The summed E-state index contributed by atoms with van der Waals surface area (Å²) in [5, 5.41) is 4.23. The van der Waals surface area contributed by atoms with Crippen molar-refractivity contribution in [2.75, 3.05) is 7.05 Å². The zero-order chi connectivity index (χ0) is 19.4. The Bertz CT molecular complexity index is 926. The van der Waals surface area contributed by atoms with Crippen molar-refractivity contribution >= 4 is 16.8 Å². The van der Waals surface area contributed by atoms with Gasteiger partial charge < -0.3 is 10.3 Å². The Hall–Kier alpha value is -2.59. The maximum atomic E-state index is 12.6. The summed E-state index contributed by atoms with van der Waals surface area (Å²) < 4.78 is 0. The number of amides is 1. The van der Waals surface area contributed by atoms with Crippen molar-refractivity contribution in [2.45, 2.75) is 46.3 Å². The molecule has 0 saturated carbocycles. The van der Waals surface area contributed by atoms with Crippen molar-refractivity contribution in [3.8, 4) is 0 Å². The molecular weight excluding hydrogens is 334 g/mol. The second kappa shape index (κ2) is 8.40. The van der Waals surface area contributed by atoms with Crippen LogP contribution in [-0.2, 0) is 24.3 Å². The van der Waals surface area contributed by atoms with Crippen molar-refractivity contribution in [2.24, 2.45) is 0 Å². The molecule has 0 bridgehead atoms. The van der Waals surface area contributed by atoms with Crippen LogP contribution in [0.1, 0.15) is 36.2 Å². The van der Waals surface area contributed by atoms with Crippen LogP contribution in [-0.4, -0.2) is 28.9 Å². The van der Waals surface area contributed by atoms with Gasteiger partial charge in [-0.3, -0.25) is 9.69 Å². The van der Waals surface area contributed by atoms with E-state index in [-0.39, 0.29) is 5.91 Å². The van der Waals surface area contributed by atoms with Gasteiger partial charge in [-0.25, -0.2) is 0 Å². The second-order valence-electron chi connectivity index (χ2n) is 7.51. The average Bonchev–Trinajstić information content (AvgIpc) is 2.96. The van der Waals surface area contributed by atoms with Gasteiger partial charge >= 0.3 is 0 Å². The van der Waals surface area contributed by atoms with Crippen LogP contribution in [0, 0.1) is 6.92 Å². The van der Waals surface area contributed by atoms with Crippen molar-refractivity contribution in [1.29, 1.82) is 0 Å². The third-order valence-corrected chi connectivity index (χ3v) is 5.26. The SMILES string of the molecule is Cc1[nH]c2ccccc2c1CC(=O)NCc1ccccc1CN(C)C(C)C. The van der Waals surface area contributed by atoms with Crippen LogP contribution < -0.4 is 5.32 Å². The number of aromatic amines is 1. The van der Waals surface area contributed by atoms with Gasteiger partial charge in [0.15, 0.2) is 0 Å². The molecule has 3 aromatic rings. The van der Waals surface area contributed by atoms with Gasteiger partial charge in [-0.05, 0) is 50.6 Å². The first kappa shape index (κ1) is 19.2. The third-order valence-electron chi connectivity index (χ3n) is 5.26. The highest BCUT2D eigenvalue weighted by atomic mass is 16.1. The number of rotatable bonds is 7. The summed E-state index contributed by atoms with van der Waals surface area (Å²) in [7, 11) is 2.12. The summed E-state index contributed by atoms with van der Waals surface area (Å²) in [5.41, 5.74) is 5.66. The summed E-state index contributed by atoms with van der Waals surface area (Å²) in [5.74, 6) is 0.0508. The average molecular weight is 364 g/mol. The molecule has 142 valence electrons. The van der Waals surface area contributed by atoms with E-state index in [4.69, 9.17) is 0 Å². The van der Waals surface area contributed by atoms with Gasteiger partial charge in [-0.1, -0.05) is 42.5 Å². The number of benzene rings is 2. The first-order valence-electron chi connectivity index (χ1n) is 9.55. The first-order chi connectivity index (χ1) is 13.0. The molecular formula is C23H29N3O. The molecule has 0 aliphatic carbocycles. The fourth-order valence-electron chi connectivity index (χ4n) is 3.31. The van der Waals surface area contributed by atoms with E-state index in [0.717, 1.165) is 28.7 Å². The molecule has 0 radical (unpaired) electrons. The van der Waals surface area contributed by atoms with Crippen molar-refractivity contribution in [3.05, 3.63) is 70.9 Å². The summed E-state index contributed by atoms with van der Waals surface area (Å²) in [4.78, 5) is 18.2. The van der Waals surface area contributed by atoms with Crippen LogP contribution in [0.4, 0.5) is 0 Å². The van der Waals surface area contributed by atoms with Crippen LogP contribution >= 0.6 is 0 Å². The third kappa shape index (κ3) is 4.58. The fourth-order valence-corrected chi connectivity index (χ4v) is 3.31. The number of nitrogens with one attached hydrogen (secondary N) is 2. The van der Waals surface area contributed by atoms with E-state index in [2.05, 4.69) is 60.4 Å². The molecule has 2 N–H and O–H groups in total. The topological polar surface area (TPSA) is 48.1 Å². The van der Waals surface area contributed by atoms with E-state index < -0.39 is 0 Å². The van der Waals surface area contributed by atoms with Gasteiger partial charge in [0.2, 0.25) is 5.91 Å². The number of aryl methyl sites for hydroxylation is 1. The quantitative estimate of drug-likeness (QED) is 0.662. The molecule has 1 heterocycles. The Morgan fingerprint density at radius 2 is 1.74 bits per heavy atom. The predicted molar refractivity (Wildman–Crippen MR) is 112 cm³/mol. The van der Waals surface area contributed by atoms with E-state index in [1.54, 1.807) is 0 Å². The van der Waals surface area contributed by atoms with Crippen LogP contribution in [0.2, 0.25) is 0 Å². The van der Waals surface area contributed by atoms with E-state index in [0.29, 0.717) is 19.0 Å². The number of para-hydroxylation sites is 1. The highest BCUT2D eigenvalue weighted by Crippen LogP contribution is 2.22. The molecule has 0 fully saturated rings. The van der Waals surface area contributed by atoms with Gasteiger partial charge in [-0.2, -0.15) is 0 Å². The Morgan fingerprint density at radius 3 is 2.48 bits per heavy atom. The Labute approximate surface area is 161 Å². The Balaban J connectivity index is 1.67. The molecule has 4 nitrogen and oxygen atoms in total. The number of fused-ring (bicyclic) bond motifs is 1. The maximum absolute atomic E-state index is 12.6. The van der Waals surface area contributed by atoms with Gasteiger partial charge in [0.05, 0.1) is 6.42 Å². The normalized spacial score (nSPS) is 11.5. The van der Waals surface area contributed by atoms with E-state index in [9.17, 15) is 4.79 Å². The molecule has 1 amide bonds. The lowest BCUT2D eigenvalue weighted by Crippen LogP contribution is -2.28. The lowest BCUT2D eigenvalue weighted by Gasteiger charge is -2.22. The molecule has 0 atom stereocenters. The molecule has 0 spiro atoms. The zero-order valence-electron chi connectivity index (χ0n) is 16.7. The van der Waals surface area contributed by atoms with Crippen molar-refractivity contribution in [1.82, 2.24) is 15.2 Å². The monoisotopic (exact) mass is 363 g/mol. The van der Waals surface area contributed by atoms with Gasteiger partial charge in [0.1, 0.15) is 0 Å². The highest BCUT2D eigenvalue weighted by Gasteiger charge is 2.13. The van der Waals surface area contributed by atoms with Crippen LogP contribution in [0.25, 0.3) is 10.9 Å². The Kier molecular flexibility index (Phi) is 5.97. The minimum Gasteiger partial charge on any atom is -0.358 e. The number of H-pyrrole nitrogens is 1. The predicted octanol–water partition coefficient (Wildman–Crippen LogP) is 4.18. The van der Waals surface area contributed by atoms with E-state index in [1.807, 2.05) is 31.2 Å². The molecule has 2 aromatic carbocycles. The molecule has 0 unspecified atom stereocenters. The minimum absolute atomic E-state index is 0.0508. The van der Waals surface area contributed by atoms with Crippen molar-refractivity contribution < 1.29 is 4.79 Å². The van der Waals surface area contributed by atoms with Crippen molar-refractivity contribution in [3.63, 3.8) is 0 Å². The van der Waals surface area contributed by atoms with Crippen LogP contribution in [0.3, 0.4) is 0 Å². The first-order valence-corrected chi connectivity index (χ1v) is 9.55. The largest absolute Gasteiger partial charge is 0.358 e. The smallest absolute Gasteiger partial charge is 0.224 e. The number of hydrogen-bond acceptors (Lipinski definition) is 2. The lowest BCUT2D eigenvalue weighted by molar-refractivity contribution is -0.120. The molecule has 0 aliphatic rings. The lowest BCUT2D eigenvalue weighted by atomic mass is 10.1.